The maximum Gasteiger partial charge on any atom is 0.326 e. The van der Waals surface area contributed by atoms with Gasteiger partial charge in [0.25, 0.3) is 11.6 Å². The zero-order valence-electron chi connectivity index (χ0n) is 18.5. The molecule has 0 aliphatic heterocycles. The van der Waals surface area contributed by atoms with Gasteiger partial charge in [-0.1, -0.05) is 42.5 Å². The summed E-state index contributed by atoms with van der Waals surface area (Å²) >= 11 is 0. The second-order valence-corrected chi connectivity index (χ2v) is 7.79. The third kappa shape index (κ3) is 7.13. The highest BCUT2D eigenvalue weighted by atomic mass is 16.6. The Morgan fingerprint density at radius 1 is 0.800 bits per heavy atom. The lowest BCUT2D eigenvalue weighted by Gasteiger charge is -2.22. The fourth-order valence-electron chi connectivity index (χ4n) is 3.38. The highest BCUT2D eigenvalue weighted by Gasteiger charge is 2.27. The van der Waals surface area contributed by atoms with Crippen LogP contribution < -0.4 is 10.6 Å². The molecule has 10 nitrogen and oxygen atoms in total. The first-order valence-corrected chi connectivity index (χ1v) is 10.6. The van der Waals surface area contributed by atoms with Crippen molar-refractivity contribution in [2.45, 2.75) is 24.9 Å². The number of carboxylic acids is 1. The van der Waals surface area contributed by atoms with E-state index in [9.17, 15) is 34.7 Å². The van der Waals surface area contributed by atoms with Crippen molar-refractivity contribution in [1.82, 2.24) is 10.6 Å². The summed E-state index contributed by atoms with van der Waals surface area (Å²) in [5.41, 5.74) is 1.23. The molecule has 2 atom stereocenters. The predicted octanol–water partition coefficient (Wildman–Crippen LogP) is 2.45. The fraction of sp³-hybridized carbons (Fsp3) is 0.160. The van der Waals surface area contributed by atoms with E-state index in [-0.39, 0.29) is 29.8 Å². The first-order valence-electron chi connectivity index (χ1n) is 10.6. The maximum absolute atomic E-state index is 13.1. The van der Waals surface area contributed by atoms with Crippen LogP contribution >= 0.6 is 0 Å². The fourth-order valence-corrected chi connectivity index (χ4v) is 3.38. The molecule has 0 saturated carbocycles. The predicted molar refractivity (Wildman–Crippen MR) is 126 cm³/mol. The molecule has 2 amide bonds. The summed E-state index contributed by atoms with van der Waals surface area (Å²) in [4.78, 5) is 47.9. The molecule has 0 radical (unpaired) electrons. The molecule has 3 aromatic rings. The number of non-ortho nitro benzene ring substituents is 1. The van der Waals surface area contributed by atoms with Gasteiger partial charge < -0.3 is 20.8 Å². The first-order chi connectivity index (χ1) is 16.7. The third-order valence-electron chi connectivity index (χ3n) is 5.24. The van der Waals surface area contributed by atoms with Crippen LogP contribution in [-0.2, 0) is 22.4 Å². The first kappa shape index (κ1) is 24.9. The van der Waals surface area contributed by atoms with E-state index in [1.807, 2.05) is 0 Å². The number of hydrogen-bond donors (Lipinski definition) is 4. The Balaban J connectivity index is 1.79. The number of nitro groups is 1. The SMILES string of the molecule is O=C(N[C@@H](Cc1ccc(O)cc1)C(=O)N[C@@H](Cc1ccccc1)C(=O)O)c1ccc([N+](=O)[O-])cc1. The number of nitro benzene ring substituents is 1. The minimum atomic E-state index is -1.23. The summed E-state index contributed by atoms with van der Waals surface area (Å²) in [6.45, 7) is 0. The molecule has 0 bridgehead atoms. The second-order valence-electron chi connectivity index (χ2n) is 7.79. The number of carbonyl (C=O) groups is 3. The summed E-state index contributed by atoms with van der Waals surface area (Å²) in [7, 11) is 0. The van der Waals surface area contributed by atoms with E-state index in [1.54, 1.807) is 42.5 Å². The van der Waals surface area contributed by atoms with E-state index in [0.717, 1.165) is 0 Å². The topological polar surface area (TPSA) is 159 Å². The van der Waals surface area contributed by atoms with Gasteiger partial charge >= 0.3 is 5.97 Å². The van der Waals surface area contributed by atoms with Gasteiger partial charge in [0.15, 0.2) is 0 Å². The van der Waals surface area contributed by atoms with Gasteiger partial charge in [0, 0.05) is 30.5 Å². The summed E-state index contributed by atoms with van der Waals surface area (Å²) in [6.07, 6.45) is 0.0622. The number of aromatic hydroxyl groups is 1. The number of nitrogens with zero attached hydrogens (tertiary/aromatic N) is 1. The molecular formula is C25H23N3O7. The minimum Gasteiger partial charge on any atom is -0.508 e. The van der Waals surface area contributed by atoms with Crippen LogP contribution in [0, 0.1) is 10.1 Å². The van der Waals surface area contributed by atoms with Gasteiger partial charge in [-0.15, -0.1) is 0 Å². The summed E-state index contributed by atoms with van der Waals surface area (Å²) in [5, 5.41) is 35.1. The average Bonchev–Trinajstić information content (AvgIpc) is 2.85. The number of aliphatic carboxylic acids is 1. The Kier molecular flexibility index (Phi) is 8.12. The van der Waals surface area contributed by atoms with Crippen molar-refractivity contribution in [1.29, 1.82) is 0 Å². The van der Waals surface area contributed by atoms with E-state index in [2.05, 4.69) is 10.6 Å². The molecule has 0 fully saturated rings. The highest BCUT2D eigenvalue weighted by Crippen LogP contribution is 2.14. The second kappa shape index (κ2) is 11.4. The van der Waals surface area contributed by atoms with Crippen molar-refractivity contribution in [2.24, 2.45) is 0 Å². The number of phenolic OH excluding ortho intramolecular Hbond substituents is 1. The van der Waals surface area contributed by atoms with Crippen molar-refractivity contribution >= 4 is 23.5 Å². The van der Waals surface area contributed by atoms with Crippen molar-refractivity contribution in [3.63, 3.8) is 0 Å². The quantitative estimate of drug-likeness (QED) is 0.258. The Morgan fingerprint density at radius 3 is 1.94 bits per heavy atom. The Morgan fingerprint density at radius 2 is 1.37 bits per heavy atom. The summed E-state index contributed by atoms with van der Waals surface area (Å²) < 4.78 is 0. The molecule has 0 spiro atoms. The number of carboxylic acid groups (broad SMARTS) is 1. The zero-order valence-corrected chi connectivity index (χ0v) is 18.5. The van der Waals surface area contributed by atoms with Crippen LogP contribution in [0.1, 0.15) is 21.5 Å². The van der Waals surface area contributed by atoms with Crippen molar-refractivity contribution in [3.05, 3.63) is 106 Å². The average molecular weight is 477 g/mol. The summed E-state index contributed by atoms with van der Waals surface area (Å²) in [6, 6.07) is 17.3. The monoisotopic (exact) mass is 477 g/mol. The lowest BCUT2D eigenvalue weighted by molar-refractivity contribution is -0.384. The molecule has 0 aliphatic rings. The Labute approximate surface area is 200 Å². The van der Waals surface area contributed by atoms with Crippen molar-refractivity contribution in [2.75, 3.05) is 0 Å². The zero-order chi connectivity index (χ0) is 25.4. The van der Waals surface area contributed by atoms with Crippen molar-refractivity contribution < 1.29 is 29.5 Å². The van der Waals surface area contributed by atoms with Gasteiger partial charge in [-0.25, -0.2) is 4.79 Å². The van der Waals surface area contributed by atoms with Crippen LogP contribution in [0.4, 0.5) is 5.69 Å². The number of rotatable bonds is 10. The largest absolute Gasteiger partial charge is 0.508 e. The molecule has 4 N–H and O–H groups in total. The number of hydrogen-bond acceptors (Lipinski definition) is 6. The highest BCUT2D eigenvalue weighted by molar-refractivity contribution is 5.98. The molecule has 0 saturated heterocycles. The molecule has 0 unspecified atom stereocenters. The van der Waals surface area contributed by atoms with E-state index < -0.39 is 34.8 Å². The van der Waals surface area contributed by atoms with E-state index >= 15 is 0 Å². The standard InChI is InChI=1S/C25H23N3O7/c29-20-12-6-17(7-13-20)14-21(26-23(30)18-8-10-19(11-9-18)28(34)35)24(31)27-22(25(32)33)15-16-4-2-1-3-5-16/h1-13,21-22,29H,14-15H2,(H,26,30)(H,27,31)(H,32,33)/t21-,22-/m0/s1. The number of carbonyl (C=O) groups excluding carboxylic acids is 2. The molecule has 3 rings (SSSR count). The van der Waals surface area contributed by atoms with Gasteiger partial charge in [0.2, 0.25) is 5.91 Å². The van der Waals surface area contributed by atoms with E-state index in [4.69, 9.17) is 0 Å². The van der Waals surface area contributed by atoms with E-state index in [0.29, 0.717) is 11.1 Å². The van der Waals surface area contributed by atoms with Gasteiger partial charge in [0.05, 0.1) is 4.92 Å². The van der Waals surface area contributed by atoms with Gasteiger partial charge in [0.1, 0.15) is 17.8 Å². The van der Waals surface area contributed by atoms with Crippen LogP contribution in [0.3, 0.4) is 0 Å². The molecule has 10 heteroatoms. The molecule has 35 heavy (non-hydrogen) atoms. The molecule has 0 aromatic heterocycles. The smallest absolute Gasteiger partial charge is 0.326 e. The summed E-state index contributed by atoms with van der Waals surface area (Å²) in [5.74, 6) is -2.57. The van der Waals surface area contributed by atoms with Crippen LogP contribution in [0.2, 0.25) is 0 Å². The number of phenols is 1. The van der Waals surface area contributed by atoms with Crippen LogP contribution in [0.25, 0.3) is 0 Å². The number of nitrogens with one attached hydrogen (secondary N) is 2. The molecular weight excluding hydrogens is 454 g/mol. The van der Waals surface area contributed by atoms with Crippen molar-refractivity contribution in [3.8, 4) is 5.75 Å². The number of amides is 2. The molecule has 3 aromatic carbocycles. The van der Waals surface area contributed by atoms with Gasteiger partial charge in [-0.05, 0) is 35.4 Å². The lowest BCUT2D eigenvalue weighted by atomic mass is 10.0. The maximum atomic E-state index is 13.1. The van der Waals surface area contributed by atoms with Crippen LogP contribution in [0.15, 0.2) is 78.9 Å². The van der Waals surface area contributed by atoms with Gasteiger partial charge in [-0.3, -0.25) is 19.7 Å². The molecule has 0 aliphatic carbocycles. The van der Waals surface area contributed by atoms with Crippen LogP contribution in [-0.4, -0.2) is 45.0 Å². The van der Waals surface area contributed by atoms with Crippen LogP contribution in [0.5, 0.6) is 5.75 Å². The minimum absolute atomic E-state index is 0.0164. The van der Waals surface area contributed by atoms with E-state index in [1.165, 1.54) is 36.4 Å². The number of benzene rings is 3. The normalized spacial score (nSPS) is 12.2. The third-order valence-corrected chi connectivity index (χ3v) is 5.24. The molecule has 180 valence electrons. The van der Waals surface area contributed by atoms with Gasteiger partial charge in [-0.2, -0.15) is 0 Å². The molecule has 0 heterocycles. The lowest BCUT2D eigenvalue weighted by Crippen LogP contribution is -2.53. The Hall–Kier alpha value is -4.73. The Bertz CT molecular complexity index is 1200.